The minimum atomic E-state index is -1.10. The van der Waals surface area contributed by atoms with E-state index >= 15 is 0 Å². The molecule has 2 heterocycles. The van der Waals surface area contributed by atoms with Crippen LogP contribution >= 0.6 is 0 Å². The zero-order valence-electron chi connectivity index (χ0n) is 18.5. The molecule has 2 fully saturated rings. The third-order valence-corrected chi connectivity index (χ3v) is 5.25. The van der Waals surface area contributed by atoms with Gasteiger partial charge in [-0.15, -0.1) is 6.42 Å². The van der Waals surface area contributed by atoms with Crippen LogP contribution < -0.4 is 5.32 Å². The van der Waals surface area contributed by atoms with Crippen LogP contribution in [0.4, 0.5) is 4.79 Å². The molecule has 0 saturated carbocycles. The summed E-state index contributed by atoms with van der Waals surface area (Å²) in [5.74, 6) is 1.27. The molecule has 0 aromatic rings. The molecule has 4 atom stereocenters. The van der Waals surface area contributed by atoms with Crippen molar-refractivity contribution in [3.8, 4) is 12.3 Å². The van der Waals surface area contributed by atoms with Crippen molar-refractivity contribution in [2.24, 2.45) is 11.8 Å². The maximum Gasteiger partial charge on any atom is 0.408 e. The van der Waals surface area contributed by atoms with Gasteiger partial charge < -0.3 is 29.2 Å². The van der Waals surface area contributed by atoms with E-state index in [2.05, 4.69) is 11.2 Å². The predicted octanol–water partition coefficient (Wildman–Crippen LogP) is 1.77. The van der Waals surface area contributed by atoms with Crippen LogP contribution in [0.1, 0.15) is 41.0 Å². The maximum absolute atomic E-state index is 13.5. The molecule has 2 saturated heterocycles. The van der Waals surface area contributed by atoms with E-state index in [1.807, 2.05) is 13.8 Å². The third-order valence-electron chi connectivity index (χ3n) is 5.25. The van der Waals surface area contributed by atoms with Gasteiger partial charge in [-0.3, -0.25) is 4.79 Å². The maximum atomic E-state index is 13.5. The second-order valence-electron chi connectivity index (χ2n) is 9.03. The van der Waals surface area contributed by atoms with Crippen molar-refractivity contribution in [1.29, 1.82) is 0 Å². The van der Waals surface area contributed by atoms with Gasteiger partial charge in [0.1, 0.15) is 24.3 Å². The largest absolute Gasteiger partial charge is 0.444 e. The van der Waals surface area contributed by atoms with Gasteiger partial charge in [0, 0.05) is 20.8 Å². The molecule has 2 aliphatic heterocycles. The summed E-state index contributed by atoms with van der Waals surface area (Å²) in [5, 5.41) is 2.73. The monoisotopic (exact) mass is 410 g/mol. The molecule has 0 aromatic carbocycles. The minimum Gasteiger partial charge on any atom is -0.444 e. The Balaban J connectivity index is 2.28. The highest BCUT2D eigenvalue weighted by atomic mass is 16.7. The van der Waals surface area contributed by atoms with Gasteiger partial charge in [-0.05, 0) is 33.1 Å². The standard InChI is InChI=1S/C21H34N2O6/c1-9-14-11-23(17-16(14)28-12-21(17,26-7)27-8)18(24)15(10-13(2)3)22-19(25)29-20(4,5)6/h1,13-17H,10-12H2,2-8H3,(H,22,25)/t14-,15?,16-,17+/m1/s1. The van der Waals surface area contributed by atoms with Crippen molar-refractivity contribution in [2.75, 3.05) is 27.4 Å². The van der Waals surface area contributed by atoms with Crippen molar-refractivity contribution >= 4 is 12.0 Å². The smallest absolute Gasteiger partial charge is 0.408 e. The number of terminal acetylenes is 1. The molecule has 2 rings (SSSR count). The van der Waals surface area contributed by atoms with E-state index in [-0.39, 0.29) is 30.5 Å². The van der Waals surface area contributed by atoms with Crippen molar-refractivity contribution < 1.29 is 28.5 Å². The Morgan fingerprint density at radius 3 is 2.41 bits per heavy atom. The molecule has 0 aliphatic carbocycles. The molecule has 0 radical (unpaired) electrons. The van der Waals surface area contributed by atoms with Crippen LogP contribution in [0.2, 0.25) is 0 Å². The van der Waals surface area contributed by atoms with Crippen molar-refractivity contribution in [3.05, 3.63) is 0 Å². The summed E-state index contributed by atoms with van der Waals surface area (Å²) >= 11 is 0. The second kappa shape index (κ2) is 8.90. The Hall–Kier alpha value is -1.82. The van der Waals surface area contributed by atoms with E-state index in [0.29, 0.717) is 13.0 Å². The number of hydrogen-bond donors (Lipinski definition) is 1. The fourth-order valence-corrected chi connectivity index (χ4v) is 3.98. The first-order chi connectivity index (χ1) is 13.5. The number of fused-ring (bicyclic) bond motifs is 1. The van der Waals surface area contributed by atoms with Gasteiger partial charge >= 0.3 is 6.09 Å². The average molecular weight is 411 g/mol. The zero-order chi connectivity index (χ0) is 22.0. The average Bonchev–Trinajstić information content (AvgIpc) is 3.17. The zero-order valence-corrected chi connectivity index (χ0v) is 18.5. The van der Waals surface area contributed by atoms with E-state index in [1.54, 1.807) is 25.7 Å². The highest BCUT2D eigenvalue weighted by molar-refractivity contribution is 5.86. The normalized spacial score (nSPS) is 26.7. The number of methoxy groups -OCH3 is 2. The number of amides is 2. The first kappa shape index (κ1) is 23.5. The SMILES string of the molecule is C#C[C@@H]1CN(C(=O)C(CC(C)C)NC(=O)OC(C)(C)C)[C@H]2[C@@H]1OCC2(OC)OC. The van der Waals surface area contributed by atoms with E-state index in [1.165, 1.54) is 14.2 Å². The fraction of sp³-hybridized carbons (Fsp3) is 0.810. The van der Waals surface area contributed by atoms with Crippen LogP contribution in [-0.4, -0.2) is 73.8 Å². The number of carbonyl (C=O) groups excluding carboxylic acids is 2. The molecule has 29 heavy (non-hydrogen) atoms. The number of carbonyl (C=O) groups is 2. The van der Waals surface area contributed by atoms with Crippen LogP contribution in [-0.2, 0) is 23.7 Å². The number of rotatable bonds is 6. The summed E-state index contributed by atoms with van der Waals surface area (Å²) in [6.45, 7) is 9.78. The summed E-state index contributed by atoms with van der Waals surface area (Å²) in [6.07, 6.45) is 5.13. The molecule has 164 valence electrons. The molecule has 1 unspecified atom stereocenters. The Morgan fingerprint density at radius 1 is 1.31 bits per heavy atom. The van der Waals surface area contributed by atoms with E-state index in [0.717, 1.165) is 0 Å². The fourth-order valence-electron chi connectivity index (χ4n) is 3.98. The van der Waals surface area contributed by atoms with Gasteiger partial charge in [0.05, 0.1) is 12.0 Å². The van der Waals surface area contributed by atoms with Gasteiger partial charge in [-0.1, -0.05) is 19.8 Å². The summed E-state index contributed by atoms with van der Waals surface area (Å²) in [4.78, 5) is 27.5. The lowest BCUT2D eigenvalue weighted by Crippen LogP contribution is -2.59. The Bertz CT molecular complexity index is 647. The van der Waals surface area contributed by atoms with Gasteiger partial charge in [0.2, 0.25) is 11.7 Å². The van der Waals surface area contributed by atoms with Gasteiger partial charge in [-0.2, -0.15) is 0 Å². The molecule has 0 aromatic heterocycles. The van der Waals surface area contributed by atoms with Gasteiger partial charge in [0.15, 0.2) is 0 Å². The van der Waals surface area contributed by atoms with Crippen molar-refractivity contribution in [1.82, 2.24) is 10.2 Å². The molecule has 8 nitrogen and oxygen atoms in total. The number of nitrogens with zero attached hydrogens (tertiary/aromatic N) is 1. The molecular weight excluding hydrogens is 376 g/mol. The first-order valence-corrected chi connectivity index (χ1v) is 9.96. The quantitative estimate of drug-likeness (QED) is 0.531. The Kier molecular flexibility index (Phi) is 7.20. The Morgan fingerprint density at radius 2 is 1.93 bits per heavy atom. The molecule has 2 amide bonds. The molecule has 8 heteroatoms. The lowest BCUT2D eigenvalue weighted by molar-refractivity contribution is -0.227. The van der Waals surface area contributed by atoms with Gasteiger partial charge in [0.25, 0.3) is 0 Å². The third kappa shape index (κ3) is 5.03. The highest BCUT2D eigenvalue weighted by Crippen LogP contribution is 2.41. The lowest BCUT2D eigenvalue weighted by Gasteiger charge is -2.37. The summed E-state index contributed by atoms with van der Waals surface area (Å²) in [7, 11) is 3.04. The van der Waals surface area contributed by atoms with Gasteiger partial charge in [-0.25, -0.2) is 4.79 Å². The number of ether oxygens (including phenoxy) is 4. The lowest BCUT2D eigenvalue weighted by atomic mass is 9.98. The highest BCUT2D eigenvalue weighted by Gasteiger charge is 2.61. The number of alkyl carbamates (subject to hydrolysis) is 1. The predicted molar refractivity (Wildman–Crippen MR) is 107 cm³/mol. The molecule has 0 bridgehead atoms. The topological polar surface area (TPSA) is 86.3 Å². The molecule has 2 aliphatic rings. The summed E-state index contributed by atoms with van der Waals surface area (Å²) < 4.78 is 22.5. The van der Waals surface area contributed by atoms with E-state index in [4.69, 9.17) is 25.4 Å². The number of hydrogen-bond acceptors (Lipinski definition) is 6. The van der Waals surface area contributed by atoms with Crippen molar-refractivity contribution in [3.63, 3.8) is 0 Å². The van der Waals surface area contributed by atoms with Crippen LogP contribution in [0.25, 0.3) is 0 Å². The van der Waals surface area contributed by atoms with Crippen LogP contribution in [0.5, 0.6) is 0 Å². The Labute approximate surface area is 173 Å². The second-order valence-corrected chi connectivity index (χ2v) is 9.03. The molecule has 1 N–H and O–H groups in total. The summed E-state index contributed by atoms with van der Waals surface area (Å²) in [5.41, 5.74) is -0.663. The van der Waals surface area contributed by atoms with Crippen LogP contribution in [0, 0.1) is 24.2 Å². The van der Waals surface area contributed by atoms with E-state index in [9.17, 15) is 9.59 Å². The summed E-state index contributed by atoms with van der Waals surface area (Å²) in [6, 6.07) is -1.25. The van der Waals surface area contributed by atoms with Crippen molar-refractivity contribution in [2.45, 2.75) is 70.6 Å². The van der Waals surface area contributed by atoms with E-state index < -0.39 is 29.6 Å². The number of likely N-dealkylation sites (tertiary alicyclic amines) is 1. The minimum absolute atomic E-state index is 0.172. The molecule has 0 spiro atoms. The number of nitrogens with one attached hydrogen (secondary N) is 1. The van der Waals surface area contributed by atoms with Crippen LogP contribution in [0.15, 0.2) is 0 Å². The first-order valence-electron chi connectivity index (χ1n) is 9.96. The molecular formula is C21H34N2O6. The van der Waals surface area contributed by atoms with Crippen LogP contribution in [0.3, 0.4) is 0 Å².